The van der Waals surface area contributed by atoms with Gasteiger partial charge in [0.2, 0.25) is 10.0 Å². The fourth-order valence-electron chi connectivity index (χ4n) is 1.41. The molecule has 3 N–H and O–H groups in total. The van der Waals surface area contributed by atoms with E-state index in [2.05, 4.69) is 21.2 Å². The van der Waals surface area contributed by atoms with E-state index in [-0.39, 0.29) is 10.6 Å². The van der Waals surface area contributed by atoms with Crippen LogP contribution in [0, 0.1) is 5.82 Å². The van der Waals surface area contributed by atoms with Gasteiger partial charge in [-0.25, -0.2) is 17.9 Å². The molecule has 1 heterocycles. The Morgan fingerprint density at radius 3 is 2.55 bits per heavy atom. The van der Waals surface area contributed by atoms with Gasteiger partial charge in [-0.1, -0.05) is 0 Å². The summed E-state index contributed by atoms with van der Waals surface area (Å²) < 4.78 is 36.5. The standard InChI is InChI=1S/C11H8BrFN2O3S2/c12-7-3-4-19-10(7)11(16)15-9-2-1-6(5-8(9)13)20(14,17)18/h1-5H,(H,15,16)(H2,14,17,18). The number of anilines is 1. The van der Waals surface area contributed by atoms with Crippen molar-refractivity contribution in [1.82, 2.24) is 0 Å². The average molecular weight is 379 g/mol. The van der Waals surface area contributed by atoms with Gasteiger partial charge < -0.3 is 5.32 Å². The Balaban J connectivity index is 2.27. The predicted octanol–water partition coefficient (Wildman–Crippen LogP) is 2.55. The second-order valence-electron chi connectivity index (χ2n) is 3.74. The highest BCUT2D eigenvalue weighted by molar-refractivity contribution is 9.10. The highest BCUT2D eigenvalue weighted by Crippen LogP contribution is 2.25. The normalized spacial score (nSPS) is 11.3. The van der Waals surface area contributed by atoms with E-state index in [1.807, 2.05) is 0 Å². The Hall–Kier alpha value is -1.29. The molecule has 0 aliphatic heterocycles. The van der Waals surface area contributed by atoms with E-state index in [1.165, 1.54) is 11.3 Å². The number of hydrogen-bond donors (Lipinski definition) is 2. The molecule has 0 atom stereocenters. The van der Waals surface area contributed by atoms with Crippen molar-refractivity contribution in [2.45, 2.75) is 4.90 Å². The topological polar surface area (TPSA) is 89.3 Å². The summed E-state index contributed by atoms with van der Waals surface area (Å²) >= 11 is 4.39. The first-order valence-electron chi connectivity index (χ1n) is 5.16. The van der Waals surface area contributed by atoms with Crippen LogP contribution in [0.3, 0.4) is 0 Å². The second-order valence-corrected chi connectivity index (χ2v) is 7.07. The number of nitrogens with two attached hydrogens (primary N) is 1. The molecule has 0 saturated heterocycles. The first-order chi connectivity index (χ1) is 9.29. The number of carbonyl (C=O) groups is 1. The number of amides is 1. The van der Waals surface area contributed by atoms with Crippen molar-refractivity contribution in [3.8, 4) is 0 Å². The fraction of sp³-hybridized carbons (Fsp3) is 0. The molecule has 5 nitrogen and oxygen atoms in total. The molecule has 0 radical (unpaired) electrons. The maximum Gasteiger partial charge on any atom is 0.266 e. The average Bonchev–Trinajstić information content (AvgIpc) is 2.76. The molecular weight excluding hydrogens is 371 g/mol. The Bertz CT molecular complexity index is 774. The van der Waals surface area contributed by atoms with Crippen LogP contribution in [0.25, 0.3) is 0 Å². The highest BCUT2D eigenvalue weighted by atomic mass is 79.9. The molecule has 9 heteroatoms. The maximum atomic E-state index is 13.7. The Morgan fingerprint density at radius 1 is 1.35 bits per heavy atom. The number of hydrogen-bond acceptors (Lipinski definition) is 4. The summed E-state index contributed by atoms with van der Waals surface area (Å²) in [4.78, 5) is 11.9. The molecule has 0 bridgehead atoms. The molecule has 1 aromatic heterocycles. The van der Waals surface area contributed by atoms with E-state index in [4.69, 9.17) is 5.14 Å². The van der Waals surface area contributed by atoms with Crippen LogP contribution in [0.5, 0.6) is 0 Å². The third-order valence-corrected chi connectivity index (χ3v) is 5.09. The zero-order valence-electron chi connectivity index (χ0n) is 9.76. The lowest BCUT2D eigenvalue weighted by molar-refractivity contribution is 0.102. The summed E-state index contributed by atoms with van der Waals surface area (Å²) in [5.41, 5.74) is -0.122. The molecule has 1 amide bonds. The van der Waals surface area contributed by atoms with Crippen LogP contribution in [-0.4, -0.2) is 14.3 Å². The van der Waals surface area contributed by atoms with Crippen LogP contribution in [-0.2, 0) is 10.0 Å². The summed E-state index contributed by atoms with van der Waals surface area (Å²) in [5.74, 6) is -1.37. The van der Waals surface area contributed by atoms with E-state index >= 15 is 0 Å². The lowest BCUT2D eigenvalue weighted by Gasteiger charge is -2.07. The van der Waals surface area contributed by atoms with Gasteiger partial charge in [0.1, 0.15) is 10.7 Å². The Labute approximate surface area is 126 Å². The molecule has 106 valence electrons. The Kier molecular flexibility index (Phi) is 4.23. The highest BCUT2D eigenvalue weighted by Gasteiger charge is 2.16. The molecule has 1 aromatic carbocycles. The predicted molar refractivity (Wildman–Crippen MR) is 77.7 cm³/mol. The van der Waals surface area contributed by atoms with E-state index in [0.717, 1.165) is 18.2 Å². The van der Waals surface area contributed by atoms with Crippen LogP contribution >= 0.6 is 27.3 Å². The minimum atomic E-state index is -3.98. The van der Waals surface area contributed by atoms with Crippen molar-refractivity contribution in [2.75, 3.05) is 5.32 Å². The summed E-state index contributed by atoms with van der Waals surface area (Å²) in [6, 6.07) is 4.72. The van der Waals surface area contributed by atoms with Crippen LogP contribution in [0.4, 0.5) is 10.1 Å². The second kappa shape index (κ2) is 5.60. The van der Waals surface area contributed by atoms with Gasteiger partial charge in [-0.15, -0.1) is 11.3 Å². The number of sulfonamides is 1. The smallest absolute Gasteiger partial charge is 0.266 e. The van der Waals surface area contributed by atoms with E-state index in [0.29, 0.717) is 9.35 Å². The van der Waals surface area contributed by atoms with Crippen LogP contribution < -0.4 is 10.5 Å². The minimum absolute atomic E-state index is 0.122. The van der Waals surface area contributed by atoms with Gasteiger partial charge >= 0.3 is 0 Å². The fourth-order valence-corrected chi connectivity index (χ4v) is 3.38. The quantitative estimate of drug-likeness (QED) is 0.859. The lowest BCUT2D eigenvalue weighted by atomic mass is 10.3. The number of rotatable bonds is 3. The third-order valence-electron chi connectivity index (χ3n) is 2.34. The summed E-state index contributed by atoms with van der Waals surface area (Å²) in [5, 5.41) is 8.96. The summed E-state index contributed by atoms with van der Waals surface area (Å²) in [7, 11) is -3.98. The first kappa shape index (κ1) is 15.1. The molecule has 0 aliphatic rings. The maximum absolute atomic E-state index is 13.7. The van der Waals surface area contributed by atoms with Crippen LogP contribution in [0.1, 0.15) is 9.67 Å². The van der Waals surface area contributed by atoms with E-state index in [9.17, 15) is 17.6 Å². The molecule has 0 spiro atoms. The van der Waals surface area contributed by atoms with Crippen molar-refractivity contribution in [1.29, 1.82) is 0 Å². The van der Waals surface area contributed by atoms with Crippen molar-refractivity contribution in [3.63, 3.8) is 0 Å². The molecule has 0 aliphatic carbocycles. The van der Waals surface area contributed by atoms with Gasteiger partial charge in [-0.05, 0) is 45.6 Å². The monoisotopic (exact) mass is 378 g/mol. The number of nitrogens with one attached hydrogen (secondary N) is 1. The van der Waals surface area contributed by atoms with Crippen molar-refractivity contribution in [2.24, 2.45) is 5.14 Å². The van der Waals surface area contributed by atoms with Gasteiger partial charge in [0.25, 0.3) is 5.91 Å². The Morgan fingerprint density at radius 2 is 2.05 bits per heavy atom. The number of halogens is 2. The lowest BCUT2D eigenvalue weighted by Crippen LogP contribution is -2.14. The van der Waals surface area contributed by atoms with Crippen LogP contribution in [0.2, 0.25) is 0 Å². The van der Waals surface area contributed by atoms with Gasteiger partial charge in [-0.3, -0.25) is 4.79 Å². The van der Waals surface area contributed by atoms with Gasteiger partial charge in [0.05, 0.1) is 10.6 Å². The largest absolute Gasteiger partial charge is 0.319 e. The zero-order chi connectivity index (χ0) is 14.9. The van der Waals surface area contributed by atoms with Crippen molar-refractivity contribution in [3.05, 3.63) is 44.8 Å². The molecule has 2 rings (SSSR count). The summed E-state index contributed by atoms with van der Waals surface area (Å²) in [6.45, 7) is 0. The minimum Gasteiger partial charge on any atom is -0.319 e. The van der Waals surface area contributed by atoms with E-state index in [1.54, 1.807) is 11.4 Å². The number of carbonyl (C=O) groups excluding carboxylic acids is 1. The van der Waals surface area contributed by atoms with Crippen LogP contribution in [0.15, 0.2) is 39.0 Å². The number of thiophene rings is 1. The van der Waals surface area contributed by atoms with Crippen molar-refractivity contribution < 1.29 is 17.6 Å². The molecule has 0 fully saturated rings. The van der Waals surface area contributed by atoms with Gasteiger partial charge in [0.15, 0.2) is 0 Å². The summed E-state index contributed by atoms with van der Waals surface area (Å²) in [6.07, 6.45) is 0. The van der Waals surface area contributed by atoms with Gasteiger partial charge in [0, 0.05) is 4.47 Å². The molecule has 20 heavy (non-hydrogen) atoms. The van der Waals surface area contributed by atoms with Gasteiger partial charge in [-0.2, -0.15) is 0 Å². The third kappa shape index (κ3) is 3.23. The zero-order valence-corrected chi connectivity index (χ0v) is 13.0. The molecular formula is C11H8BrFN2O3S2. The number of benzene rings is 1. The molecule has 0 unspecified atom stereocenters. The van der Waals surface area contributed by atoms with Crippen molar-refractivity contribution >= 4 is 48.9 Å². The first-order valence-corrected chi connectivity index (χ1v) is 8.37. The number of primary sulfonamides is 1. The van der Waals surface area contributed by atoms with E-state index < -0.39 is 21.7 Å². The SMILES string of the molecule is NS(=O)(=O)c1ccc(NC(=O)c2sccc2Br)c(F)c1. The molecule has 2 aromatic rings. The molecule has 0 saturated carbocycles.